The fourth-order valence-corrected chi connectivity index (χ4v) is 1.57. The van der Waals surface area contributed by atoms with Crippen LogP contribution < -0.4 is 5.32 Å². The van der Waals surface area contributed by atoms with E-state index in [4.69, 9.17) is 10.00 Å². The maximum atomic E-state index is 11.5. The number of halogens is 1. The van der Waals surface area contributed by atoms with Gasteiger partial charge in [0.2, 0.25) is 5.91 Å². The van der Waals surface area contributed by atoms with Crippen LogP contribution in [0.25, 0.3) is 0 Å². The van der Waals surface area contributed by atoms with Gasteiger partial charge in [-0.25, -0.2) is 0 Å². The Morgan fingerprint density at radius 1 is 1.59 bits per heavy atom. The van der Waals surface area contributed by atoms with E-state index < -0.39 is 0 Å². The Bertz CT molecular complexity index is 441. The summed E-state index contributed by atoms with van der Waals surface area (Å²) >= 11 is 3.27. The summed E-state index contributed by atoms with van der Waals surface area (Å²) in [6.07, 6.45) is 0.870. The molecule has 1 aromatic carbocycles. The molecule has 0 atom stereocenters. The lowest BCUT2D eigenvalue weighted by molar-refractivity contribution is -0.120. The van der Waals surface area contributed by atoms with Crippen LogP contribution in [0.3, 0.4) is 0 Å². The molecule has 0 aliphatic rings. The molecule has 1 amide bonds. The zero-order valence-corrected chi connectivity index (χ0v) is 11.1. The fraction of sp³-hybridized carbons (Fsp3) is 0.333. The summed E-state index contributed by atoms with van der Waals surface area (Å²) in [7, 11) is 0. The number of nitrogens with one attached hydrogen (secondary N) is 1. The Balaban J connectivity index is 2.62. The molecule has 0 fully saturated rings. The Kier molecular flexibility index (Phi) is 5.67. The van der Waals surface area contributed by atoms with Gasteiger partial charge in [-0.05, 0) is 24.6 Å². The van der Waals surface area contributed by atoms with Crippen LogP contribution >= 0.6 is 15.9 Å². The van der Waals surface area contributed by atoms with Crippen LogP contribution in [0.2, 0.25) is 0 Å². The number of anilines is 1. The van der Waals surface area contributed by atoms with E-state index in [1.807, 2.05) is 13.0 Å². The third kappa shape index (κ3) is 4.55. The van der Waals surface area contributed by atoms with Gasteiger partial charge in [0.1, 0.15) is 12.7 Å². The van der Waals surface area contributed by atoms with Gasteiger partial charge in [0.25, 0.3) is 0 Å². The van der Waals surface area contributed by atoms with Gasteiger partial charge in [0.15, 0.2) is 0 Å². The minimum atomic E-state index is -0.253. The number of amides is 1. The zero-order chi connectivity index (χ0) is 12.7. The molecule has 0 aliphatic carbocycles. The first kappa shape index (κ1) is 13.7. The summed E-state index contributed by atoms with van der Waals surface area (Å²) in [6, 6.07) is 7.13. The molecule has 1 rings (SSSR count). The highest BCUT2D eigenvalue weighted by atomic mass is 79.9. The number of benzene rings is 1. The molecular formula is C12H13BrN2O2. The molecule has 0 aromatic heterocycles. The summed E-state index contributed by atoms with van der Waals surface area (Å²) in [5, 5.41) is 11.6. The van der Waals surface area contributed by atoms with Gasteiger partial charge in [0, 0.05) is 11.1 Å². The summed E-state index contributed by atoms with van der Waals surface area (Å²) in [5.41, 5.74) is 0.920. The van der Waals surface area contributed by atoms with Crippen molar-refractivity contribution in [2.45, 2.75) is 13.3 Å². The van der Waals surface area contributed by atoms with E-state index in [0.717, 1.165) is 10.9 Å². The molecule has 1 N–H and O–H groups in total. The van der Waals surface area contributed by atoms with Gasteiger partial charge in [-0.15, -0.1) is 0 Å². The Hall–Kier alpha value is -1.38. The quantitative estimate of drug-likeness (QED) is 0.850. The van der Waals surface area contributed by atoms with Crippen LogP contribution in [0.1, 0.15) is 18.9 Å². The van der Waals surface area contributed by atoms with Crippen molar-refractivity contribution in [1.29, 1.82) is 5.26 Å². The van der Waals surface area contributed by atoms with Gasteiger partial charge in [-0.2, -0.15) is 5.26 Å². The molecule has 0 saturated heterocycles. The van der Waals surface area contributed by atoms with Gasteiger partial charge < -0.3 is 10.1 Å². The highest BCUT2D eigenvalue weighted by Gasteiger charge is 2.07. The van der Waals surface area contributed by atoms with Crippen LogP contribution in [0, 0.1) is 11.3 Å². The van der Waals surface area contributed by atoms with E-state index in [-0.39, 0.29) is 12.5 Å². The number of carbonyl (C=O) groups is 1. The minimum absolute atomic E-state index is 0.00870. The van der Waals surface area contributed by atoms with E-state index in [1.165, 1.54) is 0 Å². The van der Waals surface area contributed by atoms with Crippen LogP contribution in [0.15, 0.2) is 22.7 Å². The number of rotatable bonds is 5. The topological polar surface area (TPSA) is 62.1 Å². The van der Waals surface area contributed by atoms with E-state index in [2.05, 4.69) is 21.2 Å². The molecule has 17 heavy (non-hydrogen) atoms. The summed E-state index contributed by atoms with van der Waals surface area (Å²) in [6.45, 7) is 2.54. The van der Waals surface area contributed by atoms with Crippen molar-refractivity contribution < 1.29 is 9.53 Å². The molecule has 0 aliphatic heterocycles. The van der Waals surface area contributed by atoms with Gasteiger partial charge >= 0.3 is 0 Å². The average molecular weight is 297 g/mol. The predicted octanol–water partition coefficient (Wildman–Crippen LogP) is 2.69. The predicted molar refractivity (Wildman–Crippen MR) is 68.6 cm³/mol. The summed E-state index contributed by atoms with van der Waals surface area (Å²) < 4.78 is 5.91. The number of ether oxygens (including phenoxy) is 1. The van der Waals surface area contributed by atoms with E-state index in [1.54, 1.807) is 18.2 Å². The Morgan fingerprint density at radius 3 is 3.00 bits per heavy atom. The van der Waals surface area contributed by atoms with Crippen LogP contribution in [-0.2, 0) is 9.53 Å². The van der Waals surface area contributed by atoms with Crippen molar-refractivity contribution in [3.05, 3.63) is 28.2 Å². The van der Waals surface area contributed by atoms with Crippen molar-refractivity contribution in [3.8, 4) is 6.07 Å². The highest BCUT2D eigenvalue weighted by molar-refractivity contribution is 9.10. The first-order valence-corrected chi connectivity index (χ1v) is 6.04. The standard InChI is InChI=1S/C12H13BrN2O2/c1-2-5-17-8-12(16)15-11-4-3-10(13)6-9(11)7-14/h3-4,6H,2,5,8H2,1H3,(H,15,16). The van der Waals surface area contributed by atoms with Crippen molar-refractivity contribution >= 4 is 27.5 Å². The lowest BCUT2D eigenvalue weighted by atomic mass is 10.2. The van der Waals surface area contributed by atoms with Crippen LogP contribution in [-0.4, -0.2) is 19.1 Å². The first-order chi connectivity index (χ1) is 8.17. The molecule has 0 radical (unpaired) electrons. The summed E-state index contributed by atoms with van der Waals surface area (Å²) in [4.78, 5) is 11.5. The molecule has 90 valence electrons. The molecule has 0 heterocycles. The van der Waals surface area contributed by atoms with E-state index in [0.29, 0.717) is 17.9 Å². The third-order valence-corrected chi connectivity index (χ3v) is 2.45. The second-order valence-electron chi connectivity index (χ2n) is 3.40. The van der Waals surface area contributed by atoms with Gasteiger partial charge in [-0.3, -0.25) is 4.79 Å². The first-order valence-electron chi connectivity index (χ1n) is 5.24. The molecule has 1 aromatic rings. The second kappa shape index (κ2) is 7.05. The number of hydrogen-bond donors (Lipinski definition) is 1. The molecule has 0 saturated carbocycles. The summed E-state index contributed by atoms with van der Waals surface area (Å²) in [5.74, 6) is -0.253. The number of hydrogen-bond acceptors (Lipinski definition) is 3. The van der Waals surface area contributed by atoms with Crippen molar-refractivity contribution in [3.63, 3.8) is 0 Å². The number of carbonyl (C=O) groups excluding carboxylic acids is 1. The minimum Gasteiger partial charge on any atom is -0.372 e. The normalized spacial score (nSPS) is 9.71. The molecule has 5 heteroatoms. The molecular weight excluding hydrogens is 284 g/mol. The molecule has 0 unspecified atom stereocenters. The largest absolute Gasteiger partial charge is 0.372 e. The van der Waals surface area contributed by atoms with Crippen LogP contribution in [0.5, 0.6) is 0 Å². The van der Waals surface area contributed by atoms with E-state index >= 15 is 0 Å². The third-order valence-electron chi connectivity index (χ3n) is 1.96. The molecule has 0 spiro atoms. The average Bonchev–Trinajstić information content (AvgIpc) is 2.32. The van der Waals surface area contributed by atoms with Crippen molar-refractivity contribution in [2.75, 3.05) is 18.5 Å². The maximum Gasteiger partial charge on any atom is 0.250 e. The molecule has 0 bridgehead atoms. The van der Waals surface area contributed by atoms with Gasteiger partial charge in [0.05, 0.1) is 11.3 Å². The maximum absolute atomic E-state index is 11.5. The lowest BCUT2D eigenvalue weighted by Crippen LogP contribution is -2.19. The second-order valence-corrected chi connectivity index (χ2v) is 4.32. The van der Waals surface area contributed by atoms with Gasteiger partial charge in [-0.1, -0.05) is 22.9 Å². The Labute approximate surface area is 109 Å². The monoisotopic (exact) mass is 296 g/mol. The van der Waals surface area contributed by atoms with Crippen LogP contribution in [0.4, 0.5) is 5.69 Å². The smallest absolute Gasteiger partial charge is 0.250 e. The highest BCUT2D eigenvalue weighted by Crippen LogP contribution is 2.20. The molecule has 4 nitrogen and oxygen atoms in total. The number of nitriles is 1. The van der Waals surface area contributed by atoms with E-state index in [9.17, 15) is 4.79 Å². The lowest BCUT2D eigenvalue weighted by Gasteiger charge is -2.07. The SMILES string of the molecule is CCCOCC(=O)Nc1ccc(Br)cc1C#N. The zero-order valence-electron chi connectivity index (χ0n) is 9.50. The number of nitrogens with zero attached hydrogens (tertiary/aromatic N) is 1. The van der Waals surface area contributed by atoms with Crippen molar-refractivity contribution in [2.24, 2.45) is 0 Å². The Morgan fingerprint density at radius 2 is 2.35 bits per heavy atom. The fourth-order valence-electron chi connectivity index (χ4n) is 1.21. The van der Waals surface area contributed by atoms with Crippen molar-refractivity contribution in [1.82, 2.24) is 0 Å².